The Balaban J connectivity index is 1.82. The van der Waals surface area contributed by atoms with Gasteiger partial charge in [-0.3, -0.25) is 19.2 Å². The molecule has 2 aromatic rings. The SMILES string of the molecule is NC(=O)c1ccc(NC(=O)COC(=O)Cn2ccccc2=O)cc1. The first kappa shape index (κ1) is 16.9. The van der Waals surface area contributed by atoms with Crippen LogP contribution in [0.15, 0.2) is 53.5 Å². The molecule has 1 aromatic carbocycles. The molecule has 24 heavy (non-hydrogen) atoms. The minimum Gasteiger partial charge on any atom is -0.454 e. The summed E-state index contributed by atoms with van der Waals surface area (Å²) in [6, 6.07) is 10.4. The normalized spacial score (nSPS) is 10.0. The van der Waals surface area contributed by atoms with Crippen LogP contribution in [0.25, 0.3) is 0 Å². The third-order valence-electron chi connectivity index (χ3n) is 3.02. The Hall–Kier alpha value is -3.42. The molecule has 2 rings (SSSR count). The van der Waals surface area contributed by atoms with Gasteiger partial charge < -0.3 is 20.4 Å². The third-order valence-corrected chi connectivity index (χ3v) is 3.02. The highest BCUT2D eigenvalue weighted by molar-refractivity contribution is 5.95. The summed E-state index contributed by atoms with van der Waals surface area (Å²) < 4.78 is 5.98. The van der Waals surface area contributed by atoms with E-state index in [1.807, 2.05) is 0 Å². The summed E-state index contributed by atoms with van der Waals surface area (Å²) in [5.41, 5.74) is 5.52. The summed E-state index contributed by atoms with van der Waals surface area (Å²) in [7, 11) is 0. The molecule has 0 aliphatic rings. The van der Waals surface area contributed by atoms with Crippen molar-refractivity contribution in [1.82, 2.24) is 4.57 Å². The number of nitrogens with one attached hydrogen (secondary N) is 1. The Labute approximate surface area is 136 Å². The monoisotopic (exact) mass is 329 g/mol. The molecule has 0 spiro atoms. The number of carbonyl (C=O) groups excluding carboxylic acids is 3. The van der Waals surface area contributed by atoms with Crippen LogP contribution in [0.4, 0.5) is 5.69 Å². The van der Waals surface area contributed by atoms with Crippen LogP contribution in [-0.4, -0.2) is 29.0 Å². The molecule has 0 saturated heterocycles. The summed E-state index contributed by atoms with van der Waals surface area (Å²) in [5, 5.41) is 2.50. The van der Waals surface area contributed by atoms with Crippen LogP contribution in [0.1, 0.15) is 10.4 Å². The van der Waals surface area contributed by atoms with Gasteiger partial charge in [-0.05, 0) is 30.3 Å². The second-order valence-corrected chi connectivity index (χ2v) is 4.82. The Morgan fingerprint density at radius 3 is 2.42 bits per heavy atom. The summed E-state index contributed by atoms with van der Waals surface area (Å²) in [6.45, 7) is -0.766. The molecular weight excluding hydrogens is 314 g/mol. The fourth-order valence-electron chi connectivity index (χ4n) is 1.84. The average molecular weight is 329 g/mol. The number of pyridine rings is 1. The number of aromatic nitrogens is 1. The van der Waals surface area contributed by atoms with Gasteiger partial charge in [0.2, 0.25) is 5.91 Å². The Morgan fingerprint density at radius 2 is 1.79 bits per heavy atom. The fourth-order valence-corrected chi connectivity index (χ4v) is 1.84. The number of anilines is 1. The van der Waals surface area contributed by atoms with Crippen molar-refractivity contribution in [3.8, 4) is 0 Å². The first-order chi connectivity index (χ1) is 11.5. The molecule has 1 aromatic heterocycles. The van der Waals surface area contributed by atoms with Gasteiger partial charge in [0, 0.05) is 23.5 Å². The molecule has 2 amide bonds. The highest BCUT2D eigenvalue weighted by Crippen LogP contribution is 2.08. The van der Waals surface area contributed by atoms with E-state index in [1.165, 1.54) is 41.1 Å². The van der Waals surface area contributed by atoms with Gasteiger partial charge in [-0.1, -0.05) is 6.07 Å². The predicted octanol–water partition coefficient (Wildman–Crippen LogP) is 0.129. The summed E-state index contributed by atoms with van der Waals surface area (Å²) in [4.78, 5) is 45.7. The van der Waals surface area contributed by atoms with Crippen LogP contribution in [0, 0.1) is 0 Å². The van der Waals surface area contributed by atoms with Crippen molar-refractivity contribution in [3.63, 3.8) is 0 Å². The lowest BCUT2D eigenvalue weighted by Crippen LogP contribution is -2.26. The molecule has 0 atom stereocenters. The zero-order chi connectivity index (χ0) is 17.5. The molecule has 0 radical (unpaired) electrons. The minimum atomic E-state index is -0.706. The maximum atomic E-state index is 11.7. The van der Waals surface area contributed by atoms with E-state index in [0.717, 1.165) is 0 Å². The van der Waals surface area contributed by atoms with E-state index in [0.29, 0.717) is 11.3 Å². The minimum absolute atomic E-state index is 0.278. The lowest BCUT2D eigenvalue weighted by atomic mass is 10.2. The molecule has 0 aliphatic carbocycles. The van der Waals surface area contributed by atoms with Gasteiger partial charge in [-0.15, -0.1) is 0 Å². The number of esters is 1. The molecule has 8 heteroatoms. The molecule has 1 heterocycles. The van der Waals surface area contributed by atoms with Crippen molar-refractivity contribution >= 4 is 23.5 Å². The van der Waals surface area contributed by atoms with Crippen molar-refractivity contribution in [2.24, 2.45) is 5.73 Å². The Kier molecular flexibility index (Phi) is 5.45. The summed E-state index contributed by atoms with van der Waals surface area (Å²) in [6.07, 6.45) is 1.45. The van der Waals surface area contributed by atoms with Crippen molar-refractivity contribution in [2.45, 2.75) is 6.54 Å². The van der Waals surface area contributed by atoms with Crippen molar-refractivity contribution in [1.29, 1.82) is 0 Å². The van der Waals surface area contributed by atoms with Crippen molar-refractivity contribution in [2.75, 3.05) is 11.9 Å². The van der Waals surface area contributed by atoms with Gasteiger partial charge in [-0.2, -0.15) is 0 Å². The van der Waals surface area contributed by atoms with E-state index >= 15 is 0 Å². The maximum Gasteiger partial charge on any atom is 0.326 e. The number of benzene rings is 1. The zero-order valence-corrected chi connectivity index (χ0v) is 12.6. The number of hydrogen-bond acceptors (Lipinski definition) is 5. The second-order valence-electron chi connectivity index (χ2n) is 4.82. The number of rotatable bonds is 6. The largest absolute Gasteiger partial charge is 0.454 e. The van der Waals surface area contributed by atoms with Crippen molar-refractivity contribution < 1.29 is 19.1 Å². The lowest BCUT2D eigenvalue weighted by molar-refractivity contribution is -0.147. The number of amides is 2. The van der Waals surface area contributed by atoms with E-state index in [-0.39, 0.29) is 12.1 Å². The number of hydrogen-bond donors (Lipinski definition) is 2. The Bertz CT molecular complexity index is 811. The van der Waals surface area contributed by atoms with Crippen LogP contribution in [0.2, 0.25) is 0 Å². The van der Waals surface area contributed by atoms with Gasteiger partial charge in [0.05, 0.1) is 0 Å². The highest BCUT2D eigenvalue weighted by Gasteiger charge is 2.09. The molecule has 0 unspecified atom stereocenters. The van der Waals surface area contributed by atoms with Crippen LogP contribution in [-0.2, 0) is 20.9 Å². The standard InChI is InChI=1S/C16H15N3O5/c17-16(23)11-4-6-12(7-5-11)18-13(20)10-24-15(22)9-19-8-2-1-3-14(19)21/h1-8H,9-10H2,(H2,17,23)(H,18,20). The molecular formula is C16H15N3O5. The smallest absolute Gasteiger partial charge is 0.326 e. The number of ether oxygens (including phenoxy) is 1. The van der Waals surface area contributed by atoms with Crippen LogP contribution in [0.5, 0.6) is 0 Å². The van der Waals surface area contributed by atoms with E-state index in [2.05, 4.69) is 5.32 Å². The molecule has 124 valence electrons. The topological polar surface area (TPSA) is 120 Å². The predicted molar refractivity (Wildman–Crippen MR) is 85.3 cm³/mol. The molecule has 8 nitrogen and oxygen atoms in total. The highest BCUT2D eigenvalue weighted by atomic mass is 16.5. The van der Waals surface area contributed by atoms with Gasteiger partial charge in [-0.25, -0.2) is 0 Å². The quantitative estimate of drug-likeness (QED) is 0.730. The zero-order valence-electron chi connectivity index (χ0n) is 12.6. The van der Waals surface area contributed by atoms with Gasteiger partial charge in [0.15, 0.2) is 6.61 Å². The third kappa shape index (κ3) is 4.80. The molecule has 0 aliphatic heterocycles. The fraction of sp³-hybridized carbons (Fsp3) is 0.125. The van der Waals surface area contributed by atoms with E-state index in [9.17, 15) is 19.2 Å². The molecule has 0 bridgehead atoms. The second kappa shape index (κ2) is 7.73. The first-order valence-electron chi connectivity index (χ1n) is 6.96. The molecule has 0 fully saturated rings. The van der Waals surface area contributed by atoms with Gasteiger partial charge in [0.1, 0.15) is 6.54 Å². The van der Waals surface area contributed by atoms with Crippen LogP contribution >= 0.6 is 0 Å². The van der Waals surface area contributed by atoms with E-state index in [4.69, 9.17) is 10.5 Å². The van der Waals surface area contributed by atoms with E-state index < -0.39 is 24.4 Å². The number of carbonyl (C=O) groups is 3. The molecule has 0 saturated carbocycles. The summed E-state index contributed by atoms with van der Waals surface area (Å²) in [5.74, 6) is -1.82. The Morgan fingerprint density at radius 1 is 1.08 bits per heavy atom. The van der Waals surface area contributed by atoms with E-state index in [1.54, 1.807) is 12.1 Å². The lowest BCUT2D eigenvalue weighted by Gasteiger charge is -2.08. The summed E-state index contributed by atoms with van der Waals surface area (Å²) >= 11 is 0. The molecule has 3 N–H and O–H groups in total. The first-order valence-corrected chi connectivity index (χ1v) is 6.96. The maximum absolute atomic E-state index is 11.7. The van der Waals surface area contributed by atoms with Crippen LogP contribution < -0.4 is 16.6 Å². The van der Waals surface area contributed by atoms with Gasteiger partial charge in [0.25, 0.3) is 11.5 Å². The average Bonchev–Trinajstić information content (AvgIpc) is 2.55. The van der Waals surface area contributed by atoms with Crippen LogP contribution in [0.3, 0.4) is 0 Å². The van der Waals surface area contributed by atoms with Crippen molar-refractivity contribution in [3.05, 3.63) is 64.6 Å². The van der Waals surface area contributed by atoms with Gasteiger partial charge >= 0.3 is 5.97 Å². The number of nitrogens with two attached hydrogens (primary N) is 1. The number of primary amides is 1. The number of nitrogens with zero attached hydrogens (tertiary/aromatic N) is 1.